The highest BCUT2D eigenvalue weighted by Crippen LogP contribution is 2.10. The van der Waals surface area contributed by atoms with E-state index in [2.05, 4.69) is 16.4 Å². The van der Waals surface area contributed by atoms with Crippen molar-refractivity contribution in [1.82, 2.24) is 4.98 Å². The lowest BCUT2D eigenvalue weighted by Crippen LogP contribution is -2.01. The SMILES string of the molecule is COCc1cccc(CNc2ccc(F)nc2)c1. The van der Waals surface area contributed by atoms with Gasteiger partial charge in [-0.25, -0.2) is 4.98 Å². The van der Waals surface area contributed by atoms with Crippen molar-refractivity contribution in [3.05, 3.63) is 59.7 Å². The summed E-state index contributed by atoms with van der Waals surface area (Å²) in [7, 11) is 1.68. The fourth-order valence-electron chi connectivity index (χ4n) is 1.68. The highest BCUT2D eigenvalue weighted by Gasteiger charge is 1.97. The Balaban J connectivity index is 1.97. The monoisotopic (exact) mass is 246 g/mol. The summed E-state index contributed by atoms with van der Waals surface area (Å²) in [4.78, 5) is 3.59. The van der Waals surface area contributed by atoms with Crippen molar-refractivity contribution in [2.75, 3.05) is 12.4 Å². The Bertz CT molecular complexity index is 499. The number of hydrogen-bond acceptors (Lipinski definition) is 3. The molecule has 0 saturated carbocycles. The van der Waals surface area contributed by atoms with Crippen molar-refractivity contribution in [1.29, 1.82) is 0 Å². The molecule has 0 amide bonds. The van der Waals surface area contributed by atoms with Crippen LogP contribution in [-0.4, -0.2) is 12.1 Å². The molecule has 1 aromatic carbocycles. The van der Waals surface area contributed by atoms with E-state index in [1.807, 2.05) is 18.2 Å². The molecule has 0 aliphatic rings. The molecule has 2 rings (SSSR count). The molecule has 0 unspecified atom stereocenters. The normalized spacial score (nSPS) is 10.3. The number of ether oxygens (including phenoxy) is 1. The number of methoxy groups -OCH3 is 1. The van der Waals surface area contributed by atoms with Gasteiger partial charge in [0.25, 0.3) is 0 Å². The Morgan fingerprint density at radius 1 is 1.22 bits per heavy atom. The van der Waals surface area contributed by atoms with E-state index in [9.17, 15) is 4.39 Å². The first-order valence-electron chi connectivity index (χ1n) is 5.70. The maximum atomic E-state index is 12.6. The second kappa shape index (κ2) is 6.12. The van der Waals surface area contributed by atoms with E-state index in [4.69, 9.17) is 4.74 Å². The van der Waals surface area contributed by atoms with E-state index >= 15 is 0 Å². The van der Waals surface area contributed by atoms with Gasteiger partial charge in [-0.3, -0.25) is 0 Å². The molecule has 18 heavy (non-hydrogen) atoms. The molecule has 0 bridgehead atoms. The molecule has 0 atom stereocenters. The van der Waals surface area contributed by atoms with Crippen LogP contribution >= 0.6 is 0 Å². The van der Waals surface area contributed by atoms with Crippen LogP contribution in [0, 0.1) is 5.95 Å². The average molecular weight is 246 g/mol. The standard InChI is InChI=1S/C14H15FN2O/c1-18-10-12-4-2-3-11(7-12)8-16-13-5-6-14(15)17-9-13/h2-7,9,16H,8,10H2,1H3. The summed E-state index contributed by atoms with van der Waals surface area (Å²) in [5.41, 5.74) is 3.08. The zero-order valence-corrected chi connectivity index (χ0v) is 10.2. The summed E-state index contributed by atoms with van der Waals surface area (Å²) < 4.78 is 17.7. The highest BCUT2D eigenvalue weighted by atomic mass is 19.1. The number of nitrogens with zero attached hydrogens (tertiary/aromatic N) is 1. The van der Waals surface area contributed by atoms with Gasteiger partial charge in [0.15, 0.2) is 0 Å². The Kier molecular flexibility index (Phi) is 4.25. The number of anilines is 1. The Hall–Kier alpha value is -1.94. The lowest BCUT2D eigenvalue weighted by Gasteiger charge is -2.07. The van der Waals surface area contributed by atoms with Gasteiger partial charge in [0, 0.05) is 13.7 Å². The van der Waals surface area contributed by atoms with Gasteiger partial charge in [-0.05, 0) is 23.3 Å². The second-order valence-corrected chi connectivity index (χ2v) is 3.98. The third kappa shape index (κ3) is 3.53. The van der Waals surface area contributed by atoms with Crippen LogP contribution < -0.4 is 5.32 Å². The molecule has 4 heteroatoms. The summed E-state index contributed by atoms with van der Waals surface area (Å²) in [6.45, 7) is 1.27. The molecule has 3 nitrogen and oxygen atoms in total. The van der Waals surface area contributed by atoms with Gasteiger partial charge in [0.1, 0.15) is 0 Å². The van der Waals surface area contributed by atoms with Gasteiger partial charge in [0.05, 0.1) is 18.5 Å². The Morgan fingerprint density at radius 2 is 2.06 bits per heavy atom. The number of nitrogens with one attached hydrogen (secondary N) is 1. The fourth-order valence-corrected chi connectivity index (χ4v) is 1.68. The highest BCUT2D eigenvalue weighted by molar-refractivity contribution is 5.41. The zero-order chi connectivity index (χ0) is 12.8. The first kappa shape index (κ1) is 12.5. The molecular formula is C14H15FN2O. The van der Waals surface area contributed by atoms with Crippen LogP contribution in [-0.2, 0) is 17.9 Å². The second-order valence-electron chi connectivity index (χ2n) is 3.98. The molecule has 2 aromatic rings. The smallest absolute Gasteiger partial charge is 0.212 e. The van der Waals surface area contributed by atoms with Gasteiger partial charge < -0.3 is 10.1 Å². The third-order valence-electron chi connectivity index (χ3n) is 2.53. The van der Waals surface area contributed by atoms with E-state index in [-0.39, 0.29) is 0 Å². The van der Waals surface area contributed by atoms with Crippen LogP contribution in [0.5, 0.6) is 0 Å². The van der Waals surface area contributed by atoms with Crippen molar-refractivity contribution in [2.24, 2.45) is 0 Å². The van der Waals surface area contributed by atoms with Gasteiger partial charge in [0.2, 0.25) is 5.95 Å². The Labute approximate surface area is 106 Å². The summed E-state index contributed by atoms with van der Waals surface area (Å²) in [5, 5.41) is 3.19. The number of benzene rings is 1. The number of pyridine rings is 1. The van der Waals surface area contributed by atoms with E-state index in [1.54, 1.807) is 13.2 Å². The van der Waals surface area contributed by atoms with Crippen LogP contribution in [0.3, 0.4) is 0 Å². The van der Waals surface area contributed by atoms with Crippen LogP contribution in [0.2, 0.25) is 0 Å². The summed E-state index contributed by atoms with van der Waals surface area (Å²) >= 11 is 0. The lowest BCUT2D eigenvalue weighted by atomic mass is 10.1. The molecule has 0 aliphatic carbocycles. The minimum absolute atomic E-state index is 0.470. The van der Waals surface area contributed by atoms with E-state index in [0.29, 0.717) is 13.2 Å². The molecule has 0 radical (unpaired) electrons. The van der Waals surface area contributed by atoms with Crippen molar-refractivity contribution >= 4 is 5.69 Å². The number of halogens is 1. The number of rotatable bonds is 5. The maximum Gasteiger partial charge on any atom is 0.212 e. The number of aromatic nitrogens is 1. The Morgan fingerprint density at radius 3 is 2.78 bits per heavy atom. The molecule has 0 saturated heterocycles. The first-order valence-corrected chi connectivity index (χ1v) is 5.70. The average Bonchev–Trinajstić information content (AvgIpc) is 2.39. The van der Waals surface area contributed by atoms with Gasteiger partial charge in [-0.1, -0.05) is 24.3 Å². The molecule has 1 N–H and O–H groups in total. The van der Waals surface area contributed by atoms with Gasteiger partial charge >= 0.3 is 0 Å². The van der Waals surface area contributed by atoms with Crippen molar-refractivity contribution < 1.29 is 9.13 Å². The predicted molar refractivity (Wildman–Crippen MR) is 68.7 cm³/mol. The molecule has 1 heterocycles. The maximum absolute atomic E-state index is 12.6. The lowest BCUT2D eigenvalue weighted by molar-refractivity contribution is 0.185. The van der Waals surface area contributed by atoms with Crippen LogP contribution in [0.25, 0.3) is 0 Å². The minimum Gasteiger partial charge on any atom is -0.380 e. The molecule has 0 spiro atoms. The molecule has 94 valence electrons. The van der Waals surface area contributed by atoms with Crippen LogP contribution in [0.4, 0.5) is 10.1 Å². The summed E-state index contributed by atoms with van der Waals surface area (Å²) in [5.74, 6) is -0.470. The molecule has 1 aromatic heterocycles. The third-order valence-corrected chi connectivity index (χ3v) is 2.53. The van der Waals surface area contributed by atoms with Crippen molar-refractivity contribution in [3.8, 4) is 0 Å². The van der Waals surface area contributed by atoms with Crippen LogP contribution in [0.1, 0.15) is 11.1 Å². The topological polar surface area (TPSA) is 34.1 Å². The fraction of sp³-hybridized carbons (Fsp3) is 0.214. The van der Waals surface area contributed by atoms with Gasteiger partial charge in [-0.2, -0.15) is 4.39 Å². The molecule has 0 aliphatic heterocycles. The van der Waals surface area contributed by atoms with E-state index in [0.717, 1.165) is 16.8 Å². The molecule has 0 fully saturated rings. The van der Waals surface area contributed by atoms with Crippen molar-refractivity contribution in [3.63, 3.8) is 0 Å². The minimum atomic E-state index is -0.470. The zero-order valence-electron chi connectivity index (χ0n) is 10.2. The van der Waals surface area contributed by atoms with Crippen LogP contribution in [0.15, 0.2) is 42.6 Å². The summed E-state index contributed by atoms with van der Waals surface area (Å²) in [6.07, 6.45) is 1.48. The van der Waals surface area contributed by atoms with E-state index in [1.165, 1.54) is 12.3 Å². The van der Waals surface area contributed by atoms with E-state index < -0.39 is 5.95 Å². The van der Waals surface area contributed by atoms with Gasteiger partial charge in [-0.15, -0.1) is 0 Å². The largest absolute Gasteiger partial charge is 0.380 e. The predicted octanol–water partition coefficient (Wildman–Crippen LogP) is 2.98. The first-order chi connectivity index (χ1) is 8.78. The summed E-state index contributed by atoms with van der Waals surface area (Å²) in [6, 6.07) is 11.1. The van der Waals surface area contributed by atoms with Crippen molar-refractivity contribution in [2.45, 2.75) is 13.2 Å². The molecular weight excluding hydrogens is 231 g/mol. The quantitative estimate of drug-likeness (QED) is 0.823. The number of hydrogen-bond donors (Lipinski definition) is 1.